The molecule has 3 aromatic rings. The van der Waals surface area contributed by atoms with E-state index in [9.17, 15) is 18.0 Å². The summed E-state index contributed by atoms with van der Waals surface area (Å²) in [6.07, 6.45) is 0. The first-order valence-electron chi connectivity index (χ1n) is 13.2. The van der Waals surface area contributed by atoms with Crippen molar-refractivity contribution in [3.05, 3.63) is 66.8 Å². The first kappa shape index (κ1) is 40.0. The molecule has 4 N–H and O–H groups in total. The van der Waals surface area contributed by atoms with Crippen molar-refractivity contribution in [1.82, 2.24) is 0 Å². The molecule has 0 unspecified atom stereocenters. The molecule has 44 heavy (non-hydrogen) atoms. The van der Waals surface area contributed by atoms with Gasteiger partial charge in [-0.2, -0.15) is 8.42 Å². The summed E-state index contributed by atoms with van der Waals surface area (Å²) >= 11 is 1.57. The lowest BCUT2D eigenvalue weighted by atomic mass is 10.2. The number of aryl methyl sites for hydroxylation is 1. The van der Waals surface area contributed by atoms with Gasteiger partial charge < -0.3 is 20.1 Å². The van der Waals surface area contributed by atoms with Gasteiger partial charge in [0.05, 0.1) is 39.6 Å². The number of ketones is 1. The highest BCUT2D eigenvalue weighted by Gasteiger charge is 2.11. The molecule has 1 aromatic heterocycles. The zero-order valence-electron chi connectivity index (χ0n) is 26.7. The fraction of sp³-hybridized carbons (Fsp3) is 0.367. The summed E-state index contributed by atoms with van der Waals surface area (Å²) < 4.78 is 40.8. The number of likely N-dealkylation sites (N-methyl/N-ethyl adjacent to an activating group) is 1. The van der Waals surface area contributed by atoms with Crippen LogP contribution in [0.1, 0.15) is 27.7 Å². The fourth-order valence-corrected chi connectivity index (χ4v) is 3.96. The van der Waals surface area contributed by atoms with Crippen molar-refractivity contribution in [2.75, 3.05) is 57.4 Å². The second kappa shape index (κ2) is 20.1. The van der Waals surface area contributed by atoms with E-state index in [2.05, 4.69) is 33.3 Å². The molecule has 0 saturated carbocycles. The van der Waals surface area contributed by atoms with E-state index in [1.807, 2.05) is 54.1 Å². The van der Waals surface area contributed by atoms with E-state index in [0.717, 1.165) is 53.2 Å². The summed E-state index contributed by atoms with van der Waals surface area (Å²) in [7, 11) is 2.02. The molecule has 0 aliphatic rings. The van der Waals surface area contributed by atoms with Gasteiger partial charge in [-0.15, -0.1) is 0 Å². The lowest BCUT2D eigenvalue weighted by molar-refractivity contribution is -0.626. The smallest absolute Gasteiger partial charge is 0.399 e. The van der Waals surface area contributed by atoms with Gasteiger partial charge in [0.2, 0.25) is 0 Å². The second-order valence-electron chi connectivity index (χ2n) is 9.00. The van der Waals surface area contributed by atoms with E-state index in [0.29, 0.717) is 24.3 Å². The number of thiazole rings is 1. The third-order valence-corrected chi connectivity index (χ3v) is 7.51. The number of methoxy groups -OCH3 is 1. The predicted octanol–water partition coefficient (Wildman–Crippen LogP) is 4.21. The Morgan fingerprint density at radius 3 is 1.91 bits per heavy atom. The third-order valence-electron chi connectivity index (χ3n) is 5.67. The number of aromatic nitrogens is 1. The Morgan fingerprint density at radius 1 is 0.955 bits per heavy atom. The van der Waals surface area contributed by atoms with E-state index >= 15 is 0 Å². The van der Waals surface area contributed by atoms with Gasteiger partial charge in [0.15, 0.2) is 5.78 Å². The number of nitrogens with two attached hydrogens (primary N) is 2. The van der Waals surface area contributed by atoms with Crippen LogP contribution >= 0.6 is 11.3 Å². The quantitative estimate of drug-likeness (QED) is 0.139. The molecule has 1 heterocycles. The van der Waals surface area contributed by atoms with Crippen LogP contribution in [-0.4, -0.2) is 61.2 Å². The number of ether oxygens (including phenoxy) is 2. The van der Waals surface area contributed by atoms with Crippen LogP contribution < -0.4 is 25.7 Å². The molecule has 244 valence electrons. The highest BCUT2D eigenvalue weighted by molar-refractivity contribution is 7.81. The van der Waals surface area contributed by atoms with Crippen molar-refractivity contribution < 1.29 is 40.4 Å². The SMILES string of the molecule is C=C(C)C(=O)OCCN(CC)c1ccc(N)cc1.C=C(C)C(C)=O.COS(=O)(=O)OC.COc1ccc2c(c1)sc(N)[n+]2C. The molecule has 3 rings (SSSR count). The van der Waals surface area contributed by atoms with Gasteiger partial charge in [0.25, 0.3) is 0 Å². The maximum absolute atomic E-state index is 11.2. The van der Waals surface area contributed by atoms with Gasteiger partial charge in [0, 0.05) is 29.6 Å². The van der Waals surface area contributed by atoms with E-state index in [4.69, 9.17) is 20.9 Å². The van der Waals surface area contributed by atoms with Crippen LogP contribution in [-0.2, 0) is 40.1 Å². The number of nitrogens with zero attached hydrogens (tertiary/aromatic N) is 2. The maximum atomic E-state index is 11.2. The first-order valence-corrected chi connectivity index (χ1v) is 15.4. The van der Waals surface area contributed by atoms with Crippen LogP contribution in [0.5, 0.6) is 5.75 Å². The molecule has 0 saturated heterocycles. The third kappa shape index (κ3) is 15.0. The number of rotatable bonds is 10. The predicted molar refractivity (Wildman–Crippen MR) is 177 cm³/mol. The Kier molecular flexibility index (Phi) is 18.2. The Morgan fingerprint density at radius 2 is 1.50 bits per heavy atom. The van der Waals surface area contributed by atoms with Crippen LogP contribution in [0, 0.1) is 0 Å². The van der Waals surface area contributed by atoms with Crippen LogP contribution in [0.15, 0.2) is 66.8 Å². The molecule has 2 aromatic carbocycles. The molecule has 0 atom stereocenters. The molecular weight excluding hydrogens is 608 g/mol. The van der Waals surface area contributed by atoms with Gasteiger partial charge >= 0.3 is 21.5 Å². The zero-order valence-corrected chi connectivity index (χ0v) is 28.3. The molecule has 0 spiro atoms. The van der Waals surface area contributed by atoms with Crippen LogP contribution in [0.4, 0.5) is 16.5 Å². The van der Waals surface area contributed by atoms with Crippen molar-refractivity contribution >= 4 is 60.2 Å². The number of hydrogen-bond donors (Lipinski definition) is 2. The van der Waals surface area contributed by atoms with Crippen molar-refractivity contribution in [3.63, 3.8) is 0 Å². The van der Waals surface area contributed by atoms with Crippen molar-refractivity contribution in [1.29, 1.82) is 0 Å². The molecule has 0 amide bonds. The van der Waals surface area contributed by atoms with Gasteiger partial charge in [-0.1, -0.05) is 13.2 Å². The standard InChI is InChI=1S/C14H20N2O2.C9H10N2OS.C5H8O.C2H6O4S/c1-4-16(9-10-18-14(17)11(2)3)13-7-5-12(15)6-8-13;1-11-7-4-3-6(12-2)5-8(7)13-9(11)10;1-4(2)5(3)6;1-5-7(3,4)6-2/h5-8H,2,4,9-10,15H2,1,3H3;3-5,10H,1-2H3;1H2,2-3H3;1-2H3/p+1. The fourth-order valence-electron chi connectivity index (χ4n) is 2.87. The lowest BCUT2D eigenvalue weighted by Crippen LogP contribution is -2.29. The molecule has 0 aliphatic heterocycles. The number of esters is 1. The zero-order chi connectivity index (χ0) is 34.0. The average molecular weight is 654 g/mol. The molecular formula is C30H45N4O8S2+. The first-order chi connectivity index (χ1) is 20.5. The number of carbonyl (C=O) groups is 2. The summed E-state index contributed by atoms with van der Waals surface area (Å²) in [6.45, 7) is 15.7. The lowest BCUT2D eigenvalue weighted by Gasteiger charge is -2.23. The van der Waals surface area contributed by atoms with E-state index < -0.39 is 10.4 Å². The summed E-state index contributed by atoms with van der Waals surface area (Å²) in [4.78, 5) is 23.4. The monoisotopic (exact) mass is 653 g/mol. The summed E-state index contributed by atoms with van der Waals surface area (Å²) in [5.41, 5.74) is 15.4. The molecule has 0 aliphatic carbocycles. The minimum absolute atomic E-state index is 0.0648. The van der Waals surface area contributed by atoms with Gasteiger partial charge in [-0.25, -0.2) is 9.36 Å². The van der Waals surface area contributed by atoms with Crippen LogP contribution in [0.3, 0.4) is 0 Å². The van der Waals surface area contributed by atoms with Gasteiger partial charge in [-0.05, 0) is 81.0 Å². The molecule has 0 radical (unpaired) electrons. The van der Waals surface area contributed by atoms with Gasteiger partial charge in [-0.3, -0.25) is 18.9 Å². The molecule has 0 fully saturated rings. The number of allylic oxidation sites excluding steroid dienone is 1. The maximum Gasteiger partial charge on any atom is 0.399 e. The largest absolute Gasteiger partial charge is 0.497 e. The number of fused-ring (bicyclic) bond motifs is 1. The molecule has 14 heteroatoms. The molecule has 0 bridgehead atoms. The minimum Gasteiger partial charge on any atom is -0.497 e. The van der Waals surface area contributed by atoms with Crippen molar-refractivity contribution in [2.24, 2.45) is 7.05 Å². The summed E-state index contributed by atoms with van der Waals surface area (Å²) in [6, 6.07) is 13.6. The highest BCUT2D eigenvalue weighted by Crippen LogP contribution is 2.25. The van der Waals surface area contributed by atoms with Crippen LogP contribution in [0.25, 0.3) is 10.2 Å². The number of Topliss-reactive ketones (excluding diaryl/α,β-unsaturated/α-hetero) is 1. The number of hydrogen-bond acceptors (Lipinski definition) is 12. The van der Waals surface area contributed by atoms with Crippen molar-refractivity contribution in [2.45, 2.75) is 27.7 Å². The van der Waals surface area contributed by atoms with E-state index in [1.165, 1.54) is 6.92 Å². The number of benzene rings is 2. The minimum atomic E-state index is -3.66. The van der Waals surface area contributed by atoms with E-state index in [1.54, 1.807) is 32.3 Å². The Hall–Kier alpha value is -3.98. The van der Waals surface area contributed by atoms with Gasteiger partial charge in [0.1, 0.15) is 17.9 Å². The number of carbonyl (C=O) groups excluding carboxylic acids is 2. The summed E-state index contributed by atoms with van der Waals surface area (Å²) in [5, 5.41) is 0.809. The second-order valence-corrected chi connectivity index (χ2v) is 11.5. The van der Waals surface area contributed by atoms with E-state index in [-0.39, 0.29) is 11.8 Å². The normalized spacial score (nSPS) is 10.1. The molecule has 12 nitrogen and oxygen atoms in total. The number of anilines is 3. The Bertz CT molecular complexity index is 1460. The van der Waals surface area contributed by atoms with Crippen LogP contribution in [0.2, 0.25) is 0 Å². The highest BCUT2D eigenvalue weighted by atomic mass is 32.3. The Labute approximate surface area is 264 Å². The Balaban J connectivity index is 0.000000618. The average Bonchev–Trinajstić information content (AvgIpc) is 3.28. The topological polar surface area (TPSA) is 164 Å². The van der Waals surface area contributed by atoms with Crippen molar-refractivity contribution in [3.8, 4) is 5.75 Å². The number of nitrogen functional groups attached to an aromatic ring is 2. The summed E-state index contributed by atoms with van der Waals surface area (Å²) in [5.74, 6) is 0.590.